The molecule has 0 spiro atoms. The molecule has 0 saturated carbocycles. The van der Waals surface area contributed by atoms with Crippen LogP contribution in [0.15, 0.2) is 31.1 Å². The number of rotatable bonds is 8. The summed E-state index contributed by atoms with van der Waals surface area (Å²) in [7, 11) is 0. The Bertz CT molecular complexity index is 339. The fourth-order valence-corrected chi connectivity index (χ4v) is 1.68. The SMILES string of the molecule is C=CCC(NCC)c1cncc(OCCC)c1. The van der Waals surface area contributed by atoms with Crippen molar-refractivity contribution in [3.63, 3.8) is 0 Å². The summed E-state index contributed by atoms with van der Waals surface area (Å²) in [5.74, 6) is 0.844. The molecule has 94 valence electrons. The van der Waals surface area contributed by atoms with Gasteiger partial charge in [-0.3, -0.25) is 4.98 Å². The van der Waals surface area contributed by atoms with Crippen molar-refractivity contribution in [3.05, 3.63) is 36.7 Å². The second-order valence-corrected chi connectivity index (χ2v) is 3.94. The van der Waals surface area contributed by atoms with Crippen molar-refractivity contribution in [2.75, 3.05) is 13.2 Å². The van der Waals surface area contributed by atoms with E-state index in [-0.39, 0.29) is 6.04 Å². The summed E-state index contributed by atoms with van der Waals surface area (Å²) in [5, 5.41) is 3.42. The van der Waals surface area contributed by atoms with Crippen LogP contribution in [0.2, 0.25) is 0 Å². The molecule has 0 aliphatic heterocycles. The number of ether oxygens (including phenoxy) is 1. The van der Waals surface area contributed by atoms with E-state index in [4.69, 9.17) is 4.74 Å². The fraction of sp³-hybridized carbons (Fsp3) is 0.500. The number of hydrogen-bond donors (Lipinski definition) is 1. The predicted octanol–water partition coefficient (Wildman–Crippen LogP) is 3.10. The molecule has 0 aromatic carbocycles. The van der Waals surface area contributed by atoms with E-state index in [1.165, 1.54) is 0 Å². The molecule has 0 amide bonds. The van der Waals surface area contributed by atoms with Gasteiger partial charge in [0, 0.05) is 12.2 Å². The maximum Gasteiger partial charge on any atom is 0.137 e. The van der Waals surface area contributed by atoms with Gasteiger partial charge in [-0.25, -0.2) is 0 Å². The lowest BCUT2D eigenvalue weighted by Gasteiger charge is -2.17. The maximum atomic E-state index is 5.59. The molecule has 3 nitrogen and oxygen atoms in total. The van der Waals surface area contributed by atoms with E-state index in [1.807, 2.05) is 12.3 Å². The molecule has 1 unspecified atom stereocenters. The fourth-order valence-electron chi connectivity index (χ4n) is 1.68. The second-order valence-electron chi connectivity index (χ2n) is 3.94. The van der Waals surface area contributed by atoms with Crippen LogP contribution in [0.4, 0.5) is 0 Å². The van der Waals surface area contributed by atoms with Crippen LogP contribution in [-0.4, -0.2) is 18.1 Å². The van der Waals surface area contributed by atoms with Crippen molar-refractivity contribution in [3.8, 4) is 5.75 Å². The molecular weight excluding hydrogens is 212 g/mol. The minimum atomic E-state index is 0.273. The number of nitrogens with zero attached hydrogens (tertiary/aromatic N) is 1. The molecule has 1 aromatic rings. The number of hydrogen-bond acceptors (Lipinski definition) is 3. The molecule has 0 bridgehead atoms. The first-order valence-corrected chi connectivity index (χ1v) is 6.23. The third-order valence-corrected chi connectivity index (χ3v) is 2.46. The highest BCUT2D eigenvalue weighted by Crippen LogP contribution is 2.20. The average Bonchev–Trinajstić information content (AvgIpc) is 2.36. The normalized spacial score (nSPS) is 12.1. The monoisotopic (exact) mass is 234 g/mol. The Morgan fingerprint density at radius 1 is 1.47 bits per heavy atom. The summed E-state index contributed by atoms with van der Waals surface area (Å²) >= 11 is 0. The van der Waals surface area contributed by atoms with Gasteiger partial charge in [0.25, 0.3) is 0 Å². The molecule has 0 radical (unpaired) electrons. The van der Waals surface area contributed by atoms with Crippen LogP contribution in [0.5, 0.6) is 5.75 Å². The van der Waals surface area contributed by atoms with E-state index in [9.17, 15) is 0 Å². The Morgan fingerprint density at radius 3 is 2.94 bits per heavy atom. The highest BCUT2D eigenvalue weighted by Gasteiger charge is 2.09. The van der Waals surface area contributed by atoms with Crippen molar-refractivity contribution in [2.45, 2.75) is 32.7 Å². The Kier molecular flexibility index (Phi) is 6.33. The molecule has 1 rings (SSSR count). The zero-order chi connectivity index (χ0) is 12.5. The Labute approximate surface area is 104 Å². The summed E-state index contributed by atoms with van der Waals surface area (Å²) in [5.41, 5.74) is 1.15. The topological polar surface area (TPSA) is 34.2 Å². The summed E-state index contributed by atoms with van der Waals surface area (Å²) in [4.78, 5) is 4.22. The van der Waals surface area contributed by atoms with Crippen LogP contribution in [0.1, 0.15) is 38.3 Å². The van der Waals surface area contributed by atoms with Gasteiger partial charge in [-0.15, -0.1) is 6.58 Å². The lowest BCUT2D eigenvalue weighted by atomic mass is 10.1. The molecule has 1 N–H and O–H groups in total. The number of pyridine rings is 1. The van der Waals surface area contributed by atoms with Gasteiger partial charge in [0.05, 0.1) is 12.8 Å². The quantitative estimate of drug-likeness (QED) is 0.702. The van der Waals surface area contributed by atoms with Gasteiger partial charge in [-0.05, 0) is 31.0 Å². The van der Waals surface area contributed by atoms with Crippen LogP contribution in [-0.2, 0) is 0 Å². The molecular formula is C14H22N2O. The van der Waals surface area contributed by atoms with Gasteiger partial charge in [-0.1, -0.05) is 19.9 Å². The van der Waals surface area contributed by atoms with Crippen LogP contribution in [0.3, 0.4) is 0 Å². The maximum absolute atomic E-state index is 5.59. The molecule has 1 heterocycles. The second kappa shape index (κ2) is 7.85. The molecule has 17 heavy (non-hydrogen) atoms. The first-order chi connectivity index (χ1) is 8.31. The zero-order valence-electron chi connectivity index (χ0n) is 10.8. The number of aromatic nitrogens is 1. The Balaban J connectivity index is 2.75. The molecule has 0 aliphatic carbocycles. The van der Waals surface area contributed by atoms with Gasteiger partial charge in [0.1, 0.15) is 5.75 Å². The van der Waals surface area contributed by atoms with Crippen LogP contribution < -0.4 is 10.1 Å². The highest BCUT2D eigenvalue weighted by molar-refractivity contribution is 5.26. The lowest BCUT2D eigenvalue weighted by Crippen LogP contribution is -2.20. The first-order valence-electron chi connectivity index (χ1n) is 6.23. The third-order valence-electron chi connectivity index (χ3n) is 2.46. The summed E-state index contributed by atoms with van der Waals surface area (Å²) in [6, 6.07) is 2.33. The molecule has 1 aromatic heterocycles. The third kappa shape index (κ3) is 4.57. The van der Waals surface area contributed by atoms with Gasteiger partial charge >= 0.3 is 0 Å². The largest absolute Gasteiger partial charge is 0.492 e. The van der Waals surface area contributed by atoms with Crippen LogP contribution >= 0.6 is 0 Å². The van der Waals surface area contributed by atoms with Crippen molar-refractivity contribution in [2.24, 2.45) is 0 Å². The molecule has 0 fully saturated rings. The Hall–Kier alpha value is -1.35. The molecule has 3 heteroatoms. The lowest BCUT2D eigenvalue weighted by molar-refractivity contribution is 0.315. The molecule has 0 saturated heterocycles. The Morgan fingerprint density at radius 2 is 2.29 bits per heavy atom. The van der Waals surface area contributed by atoms with Gasteiger partial charge in [-0.2, -0.15) is 0 Å². The van der Waals surface area contributed by atoms with E-state index in [0.29, 0.717) is 0 Å². The smallest absolute Gasteiger partial charge is 0.137 e. The average molecular weight is 234 g/mol. The predicted molar refractivity (Wildman–Crippen MR) is 71.3 cm³/mol. The van der Waals surface area contributed by atoms with Gasteiger partial charge in [0.2, 0.25) is 0 Å². The van der Waals surface area contributed by atoms with Crippen molar-refractivity contribution in [1.82, 2.24) is 10.3 Å². The van der Waals surface area contributed by atoms with E-state index >= 15 is 0 Å². The van der Waals surface area contributed by atoms with Gasteiger partial charge in [0.15, 0.2) is 0 Å². The molecule has 0 aliphatic rings. The summed E-state index contributed by atoms with van der Waals surface area (Å²) in [6.45, 7) is 9.64. The first kappa shape index (κ1) is 13.7. The van der Waals surface area contributed by atoms with Crippen molar-refractivity contribution in [1.29, 1.82) is 0 Å². The minimum Gasteiger partial charge on any atom is -0.492 e. The van der Waals surface area contributed by atoms with E-state index in [2.05, 4.69) is 36.8 Å². The van der Waals surface area contributed by atoms with Gasteiger partial charge < -0.3 is 10.1 Å². The zero-order valence-corrected chi connectivity index (χ0v) is 10.8. The van der Waals surface area contributed by atoms with E-state index in [0.717, 1.165) is 37.3 Å². The van der Waals surface area contributed by atoms with E-state index < -0.39 is 0 Å². The standard InChI is InChI=1S/C14H22N2O/c1-4-7-14(16-6-3)12-9-13(11-15-10-12)17-8-5-2/h4,9-11,14,16H,1,5-8H2,2-3H3. The highest BCUT2D eigenvalue weighted by atomic mass is 16.5. The summed E-state index contributed by atoms with van der Waals surface area (Å²) in [6.07, 6.45) is 7.47. The van der Waals surface area contributed by atoms with Crippen molar-refractivity contribution < 1.29 is 4.74 Å². The molecule has 1 atom stereocenters. The van der Waals surface area contributed by atoms with Crippen LogP contribution in [0, 0.1) is 0 Å². The van der Waals surface area contributed by atoms with Crippen molar-refractivity contribution >= 4 is 0 Å². The summed E-state index contributed by atoms with van der Waals surface area (Å²) < 4.78 is 5.59. The van der Waals surface area contributed by atoms with E-state index in [1.54, 1.807) is 6.20 Å². The minimum absolute atomic E-state index is 0.273. The van der Waals surface area contributed by atoms with Crippen LogP contribution in [0.25, 0.3) is 0 Å². The number of nitrogens with one attached hydrogen (secondary N) is 1.